The standard InChI is InChI=1S/C18H17ClN6O/c19-14-5-1-11(9-20-14)2-6-15(26)23-18-16(12-3-4-12)17(24-25-18)13-7-8-21-22-10-13/h1,5,7-10,12H,2-4,6H2,(H2,23,24,25,26). The zero-order chi connectivity index (χ0) is 17.9. The smallest absolute Gasteiger partial charge is 0.225 e. The molecule has 132 valence electrons. The Bertz CT molecular complexity index is 905. The van der Waals surface area contributed by atoms with Crippen molar-refractivity contribution in [1.82, 2.24) is 25.4 Å². The van der Waals surface area contributed by atoms with Crippen molar-refractivity contribution in [2.45, 2.75) is 31.6 Å². The predicted octanol–water partition coefficient (Wildman–Crippen LogP) is 3.36. The maximum atomic E-state index is 12.4. The van der Waals surface area contributed by atoms with Crippen LogP contribution in [0.15, 0.2) is 36.8 Å². The highest BCUT2D eigenvalue weighted by Gasteiger charge is 2.32. The number of anilines is 1. The average molecular weight is 369 g/mol. The first-order valence-corrected chi connectivity index (χ1v) is 8.84. The molecule has 7 nitrogen and oxygen atoms in total. The first-order chi connectivity index (χ1) is 12.7. The molecule has 0 atom stereocenters. The number of halogens is 1. The molecule has 1 fully saturated rings. The van der Waals surface area contributed by atoms with Crippen molar-refractivity contribution in [3.63, 3.8) is 0 Å². The van der Waals surface area contributed by atoms with Gasteiger partial charge in [-0.3, -0.25) is 9.89 Å². The van der Waals surface area contributed by atoms with Crippen molar-refractivity contribution < 1.29 is 4.79 Å². The van der Waals surface area contributed by atoms with Gasteiger partial charge < -0.3 is 5.32 Å². The minimum atomic E-state index is -0.0762. The number of nitrogens with one attached hydrogen (secondary N) is 2. The minimum absolute atomic E-state index is 0.0762. The van der Waals surface area contributed by atoms with Crippen molar-refractivity contribution in [3.8, 4) is 11.3 Å². The van der Waals surface area contributed by atoms with Crippen LogP contribution < -0.4 is 5.32 Å². The summed E-state index contributed by atoms with van der Waals surface area (Å²) >= 11 is 5.78. The number of nitrogens with zero attached hydrogens (tertiary/aromatic N) is 4. The highest BCUT2D eigenvalue weighted by Crippen LogP contribution is 2.46. The zero-order valence-electron chi connectivity index (χ0n) is 13.9. The molecule has 0 spiro atoms. The molecule has 0 unspecified atom stereocenters. The number of carbonyl (C=O) groups is 1. The second kappa shape index (κ2) is 7.21. The molecule has 0 bridgehead atoms. The molecule has 1 amide bonds. The molecular formula is C18H17ClN6O. The van der Waals surface area contributed by atoms with E-state index in [1.54, 1.807) is 24.7 Å². The Morgan fingerprint density at radius 1 is 1.23 bits per heavy atom. The van der Waals surface area contributed by atoms with E-state index in [0.29, 0.717) is 29.7 Å². The molecule has 0 aromatic carbocycles. The van der Waals surface area contributed by atoms with Crippen LogP contribution in [-0.4, -0.2) is 31.3 Å². The molecule has 1 saturated carbocycles. The number of hydrogen-bond donors (Lipinski definition) is 2. The van der Waals surface area contributed by atoms with Crippen molar-refractivity contribution >= 4 is 23.3 Å². The fourth-order valence-electron chi connectivity index (χ4n) is 2.88. The summed E-state index contributed by atoms with van der Waals surface area (Å²) in [6, 6.07) is 5.48. The predicted molar refractivity (Wildman–Crippen MR) is 97.8 cm³/mol. The monoisotopic (exact) mass is 368 g/mol. The normalized spacial score (nSPS) is 13.6. The van der Waals surface area contributed by atoms with E-state index in [1.165, 1.54) is 0 Å². The second-order valence-electron chi connectivity index (χ2n) is 6.30. The summed E-state index contributed by atoms with van der Waals surface area (Å²) in [6.07, 6.45) is 8.18. The summed E-state index contributed by atoms with van der Waals surface area (Å²) < 4.78 is 0. The van der Waals surface area contributed by atoms with Gasteiger partial charge in [-0.2, -0.15) is 15.3 Å². The van der Waals surface area contributed by atoms with Gasteiger partial charge in [0.15, 0.2) is 5.82 Å². The van der Waals surface area contributed by atoms with E-state index < -0.39 is 0 Å². The van der Waals surface area contributed by atoms with Gasteiger partial charge in [0.05, 0.1) is 18.1 Å². The van der Waals surface area contributed by atoms with Crippen molar-refractivity contribution in [2.75, 3.05) is 5.32 Å². The summed E-state index contributed by atoms with van der Waals surface area (Å²) in [7, 11) is 0. The van der Waals surface area contributed by atoms with Crippen LogP contribution >= 0.6 is 11.6 Å². The number of hydrogen-bond acceptors (Lipinski definition) is 5. The summed E-state index contributed by atoms with van der Waals surface area (Å²) in [5.41, 5.74) is 3.85. The highest BCUT2D eigenvalue weighted by atomic mass is 35.5. The number of carbonyl (C=O) groups excluding carboxylic acids is 1. The minimum Gasteiger partial charge on any atom is -0.309 e. The molecule has 4 rings (SSSR count). The summed E-state index contributed by atoms with van der Waals surface area (Å²) in [4.78, 5) is 16.4. The quantitative estimate of drug-likeness (QED) is 0.650. The Kier molecular flexibility index (Phi) is 4.62. The summed E-state index contributed by atoms with van der Waals surface area (Å²) in [6.45, 7) is 0. The molecule has 0 aliphatic heterocycles. The van der Waals surface area contributed by atoms with E-state index in [0.717, 1.165) is 35.2 Å². The van der Waals surface area contributed by atoms with Crippen LogP contribution in [0.5, 0.6) is 0 Å². The molecule has 3 heterocycles. The number of aryl methyl sites for hydroxylation is 1. The van der Waals surface area contributed by atoms with Crippen LogP contribution in [0.25, 0.3) is 11.3 Å². The third-order valence-electron chi connectivity index (χ3n) is 4.35. The van der Waals surface area contributed by atoms with Gasteiger partial charge in [0.25, 0.3) is 0 Å². The van der Waals surface area contributed by atoms with Gasteiger partial charge in [-0.1, -0.05) is 17.7 Å². The van der Waals surface area contributed by atoms with E-state index in [4.69, 9.17) is 11.6 Å². The molecule has 0 saturated heterocycles. The molecule has 1 aliphatic rings. The number of pyridine rings is 1. The Morgan fingerprint density at radius 2 is 2.12 bits per heavy atom. The van der Waals surface area contributed by atoms with E-state index in [-0.39, 0.29) is 5.91 Å². The fourth-order valence-corrected chi connectivity index (χ4v) is 2.99. The zero-order valence-corrected chi connectivity index (χ0v) is 14.7. The van der Waals surface area contributed by atoms with E-state index in [9.17, 15) is 4.79 Å². The Balaban J connectivity index is 1.47. The van der Waals surface area contributed by atoms with Gasteiger partial charge in [-0.05, 0) is 42.9 Å². The number of H-pyrrole nitrogens is 1. The summed E-state index contributed by atoms with van der Waals surface area (Å²) in [5.74, 6) is 0.957. The van der Waals surface area contributed by atoms with Gasteiger partial charge in [0.2, 0.25) is 5.91 Å². The Morgan fingerprint density at radius 3 is 2.81 bits per heavy atom. The number of rotatable bonds is 6. The van der Waals surface area contributed by atoms with Gasteiger partial charge >= 0.3 is 0 Å². The van der Waals surface area contributed by atoms with Gasteiger partial charge in [0, 0.05) is 23.7 Å². The highest BCUT2D eigenvalue weighted by molar-refractivity contribution is 6.29. The molecule has 1 aliphatic carbocycles. The van der Waals surface area contributed by atoms with Crippen molar-refractivity contribution in [1.29, 1.82) is 0 Å². The van der Waals surface area contributed by atoms with Gasteiger partial charge in [-0.25, -0.2) is 4.98 Å². The lowest BCUT2D eigenvalue weighted by atomic mass is 10.1. The lowest BCUT2D eigenvalue weighted by Crippen LogP contribution is -2.13. The lowest BCUT2D eigenvalue weighted by molar-refractivity contribution is -0.116. The number of aromatic amines is 1. The summed E-state index contributed by atoms with van der Waals surface area (Å²) in [5, 5.41) is 18.5. The van der Waals surface area contributed by atoms with Crippen molar-refractivity contribution in [2.24, 2.45) is 0 Å². The van der Waals surface area contributed by atoms with E-state index in [1.807, 2.05) is 12.1 Å². The van der Waals surface area contributed by atoms with E-state index in [2.05, 4.69) is 30.7 Å². The fraction of sp³-hybridized carbons (Fsp3) is 0.278. The second-order valence-corrected chi connectivity index (χ2v) is 6.69. The van der Waals surface area contributed by atoms with Gasteiger partial charge in [0.1, 0.15) is 5.15 Å². The maximum absolute atomic E-state index is 12.4. The molecule has 3 aromatic heterocycles. The largest absolute Gasteiger partial charge is 0.309 e. The van der Waals surface area contributed by atoms with E-state index >= 15 is 0 Å². The van der Waals surface area contributed by atoms with Crippen LogP contribution in [0.1, 0.15) is 36.3 Å². The van der Waals surface area contributed by atoms with Crippen LogP contribution in [0.3, 0.4) is 0 Å². The molecule has 26 heavy (non-hydrogen) atoms. The average Bonchev–Trinajstić information content (AvgIpc) is 3.42. The molecule has 2 N–H and O–H groups in total. The molecule has 3 aromatic rings. The van der Waals surface area contributed by atoms with Crippen molar-refractivity contribution in [3.05, 3.63) is 53.1 Å². The molecular weight excluding hydrogens is 352 g/mol. The molecule has 0 radical (unpaired) electrons. The maximum Gasteiger partial charge on any atom is 0.225 e. The van der Waals surface area contributed by atoms with Crippen LogP contribution in [0.2, 0.25) is 5.15 Å². The number of aromatic nitrogens is 5. The molecule has 8 heteroatoms. The first kappa shape index (κ1) is 16.7. The third-order valence-corrected chi connectivity index (χ3v) is 4.57. The Hall–Kier alpha value is -2.80. The third kappa shape index (κ3) is 3.72. The van der Waals surface area contributed by atoms with Crippen LogP contribution in [0, 0.1) is 0 Å². The topological polar surface area (TPSA) is 96.5 Å². The Labute approximate surface area is 155 Å². The van der Waals surface area contributed by atoms with Gasteiger partial charge in [-0.15, -0.1) is 0 Å². The first-order valence-electron chi connectivity index (χ1n) is 8.46. The van der Waals surface area contributed by atoms with Crippen LogP contribution in [0.4, 0.5) is 5.82 Å². The number of amides is 1. The lowest BCUT2D eigenvalue weighted by Gasteiger charge is -2.06. The van der Waals surface area contributed by atoms with Crippen LogP contribution in [-0.2, 0) is 11.2 Å². The SMILES string of the molecule is O=C(CCc1ccc(Cl)nc1)Nc1n[nH]c(-c2ccnnc2)c1C1CC1.